The Labute approximate surface area is 94.0 Å². The molecular weight excluding hydrogens is 206 g/mol. The van der Waals surface area contributed by atoms with Gasteiger partial charge in [0.05, 0.1) is 4.92 Å². The smallest absolute Gasteiger partial charge is 0.311 e. The summed E-state index contributed by atoms with van der Waals surface area (Å²) < 4.78 is 0. The quantitative estimate of drug-likeness (QED) is 0.626. The van der Waals surface area contributed by atoms with Gasteiger partial charge in [0.25, 0.3) is 0 Å². The summed E-state index contributed by atoms with van der Waals surface area (Å²) in [6.45, 7) is 2.95. The molecule has 1 aromatic heterocycles. The summed E-state index contributed by atoms with van der Waals surface area (Å²) in [4.78, 5) is 14.4. The highest BCUT2D eigenvalue weighted by molar-refractivity contribution is 5.55. The lowest BCUT2D eigenvalue weighted by molar-refractivity contribution is -0.384. The first-order chi connectivity index (χ1) is 7.61. The van der Waals surface area contributed by atoms with Gasteiger partial charge in [0.1, 0.15) is 0 Å². The van der Waals surface area contributed by atoms with Crippen LogP contribution in [0.4, 0.5) is 11.5 Å². The Hall–Kier alpha value is -1.65. The molecule has 1 N–H and O–H groups in total. The molecule has 0 radical (unpaired) electrons. The maximum atomic E-state index is 10.8. The molecule has 0 amide bonds. The van der Waals surface area contributed by atoms with Gasteiger partial charge in [0.2, 0.25) is 5.82 Å². The van der Waals surface area contributed by atoms with Crippen LogP contribution >= 0.6 is 0 Å². The molecule has 0 unspecified atom stereocenters. The number of anilines is 1. The van der Waals surface area contributed by atoms with Crippen molar-refractivity contribution in [3.05, 3.63) is 28.4 Å². The number of rotatable bonds is 4. The average molecular weight is 221 g/mol. The van der Waals surface area contributed by atoms with Crippen LogP contribution in [0.2, 0.25) is 0 Å². The predicted octanol–water partition coefficient (Wildman–Crippen LogP) is 2.59. The van der Waals surface area contributed by atoms with Gasteiger partial charge < -0.3 is 5.32 Å². The van der Waals surface area contributed by atoms with Gasteiger partial charge in [-0.1, -0.05) is 13.3 Å². The first-order valence-electron chi connectivity index (χ1n) is 5.44. The minimum absolute atomic E-state index is 0.0467. The molecule has 0 bridgehead atoms. The molecule has 0 aliphatic heterocycles. The van der Waals surface area contributed by atoms with Crippen LogP contribution in [0.1, 0.15) is 26.2 Å². The van der Waals surface area contributed by atoms with E-state index in [2.05, 4.69) is 17.2 Å². The van der Waals surface area contributed by atoms with Gasteiger partial charge >= 0.3 is 5.69 Å². The van der Waals surface area contributed by atoms with Crippen molar-refractivity contribution in [2.24, 2.45) is 5.41 Å². The van der Waals surface area contributed by atoms with Gasteiger partial charge in [0.15, 0.2) is 0 Å². The lowest BCUT2D eigenvalue weighted by Gasteiger charge is -2.38. The molecule has 1 aliphatic rings. The topological polar surface area (TPSA) is 68.1 Å². The van der Waals surface area contributed by atoms with Crippen LogP contribution in [0.3, 0.4) is 0 Å². The lowest BCUT2D eigenvalue weighted by atomic mass is 9.70. The van der Waals surface area contributed by atoms with E-state index in [4.69, 9.17) is 0 Å². The minimum atomic E-state index is -0.404. The fraction of sp³-hybridized carbons (Fsp3) is 0.545. The van der Waals surface area contributed by atoms with Crippen molar-refractivity contribution in [3.8, 4) is 0 Å². The van der Waals surface area contributed by atoms with Crippen LogP contribution in [0.25, 0.3) is 0 Å². The number of nitrogens with one attached hydrogen (secondary N) is 1. The second-order valence-corrected chi connectivity index (χ2v) is 4.65. The third-order valence-electron chi connectivity index (χ3n) is 3.23. The molecule has 1 fully saturated rings. The highest BCUT2D eigenvalue weighted by atomic mass is 16.6. The van der Waals surface area contributed by atoms with E-state index in [1.165, 1.54) is 25.3 Å². The first-order valence-corrected chi connectivity index (χ1v) is 5.44. The van der Waals surface area contributed by atoms with Crippen molar-refractivity contribution < 1.29 is 4.92 Å². The molecule has 1 heterocycles. The van der Waals surface area contributed by atoms with Gasteiger partial charge in [-0.3, -0.25) is 10.1 Å². The summed E-state index contributed by atoms with van der Waals surface area (Å²) >= 11 is 0. The van der Waals surface area contributed by atoms with E-state index in [-0.39, 0.29) is 11.1 Å². The summed E-state index contributed by atoms with van der Waals surface area (Å²) in [7, 11) is 0. The van der Waals surface area contributed by atoms with E-state index in [1.807, 2.05) is 0 Å². The van der Waals surface area contributed by atoms with Gasteiger partial charge in [-0.25, -0.2) is 4.98 Å². The normalized spacial score (nSPS) is 17.6. The molecule has 0 saturated heterocycles. The number of nitrogens with zero attached hydrogens (tertiary/aromatic N) is 2. The first kappa shape index (κ1) is 10.9. The third-order valence-corrected chi connectivity index (χ3v) is 3.23. The highest BCUT2D eigenvalue weighted by Crippen LogP contribution is 2.40. The van der Waals surface area contributed by atoms with Crippen molar-refractivity contribution in [2.75, 3.05) is 11.9 Å². The van der Waals surface area contributed by atoms with Crippen LogP contribution in [0.5, 0.6) is 0 Å². The number of nitro groups is 1. The standard InChI is InChI=1S/C11H15N3O2/c1-11(5-3-6-11)8-13-10-9(14(15)16)4-2-7-12-10/h2,4,7H,3,5-6,8H2,1H3,(H,12,13). The summed E-state index contributed by atoms with van der Waals surface area (Å²) in [6.07, 6.45) is 5.18. The third kappa shape index (κ3) is 2.13. The Morgan fingerprint density at radius 2 is 2.38 bits per heavy atom. The monoisotopic (exact) mass is 221 g/mol. The predicted molar refractivity (Wildman–Crippen MR) is 61.3 cm³/mol. The van der Waals surface area contributed by atoms with E-state index in [9.17, 15) is 10.1 Å². The Balaban J connectivity index is 2.06. The van der Waals surface area contributed by atoms with Crippen molar-refractivity contribution in [3.63, 3.8) is 0 Å². The average Bonchev–Trinajstić information content (AvgIpc) is 2.24. The van der Waals surface area contributed by atoms with E-state index >= 15 is 0 Å². The van der Waals surface area contributed by atoms with Gasteiger partial charge in [-0.05, 0) is 24.3 Å². The van der Waals surface area contributed by atoms with Crippen LogP contribution in [-0.4, -0.2) is 16.5 Å². The molecule has 86 valence electrons. The van der Waals surface area contributed by atoms with E-state index in [1.54, 1.807) is 12.3 Å². The van der Waals surface area contributed by atoms with Gasteiger partial charge in [0, 0.05) is 18.8 Å². The van der Waals surface area contributed by atoms with E-state index < -0.39 is 4.92 Å². The largest absolute Gasteiger partial charge is 0.364 e. The van der Waals surface area contributed by atoms with Gasteiger partial charge in [-0.2, -0.15) is 0 Å². The Morgan fingerprint density at radius 3 is 2.94 bits per heavy atom. The molecule has 0 atom stereocenters. The molecule has 5 heteroatoms. The molecule has 0 spiro atoms. The van der Waals surface area contributed by atoms with E-state index in [0.29, 0.717) is 5.82 Å². The fourth-order valence-corrected chi connectivity index (χ4v) is 1.93. The van der Waals surface area contributed by atoms with Gasteiger partial charge in [-0.15, -0.1) is 0 Å². The Kier molecular flexibility index (Phi) is 2.77. The van der Waals surface area contributed by atoms with Crippen molar-refractivity contribution in [1.29, 1.82) is 0 Å². The van der Waals surface area contributed by atoms with Crippen LogP contribution in [-0.2, 0) is 0 Å². The van der Waals surface area contributed by atoms with Crippen LogP contribution in [0.15, 0.2) is 18.3 Å². The molecule has 0 aromatic carbocycles. The number of hydrogen-bond donors (Lipinski definition) is 1. The summed E-state index contributed by atoms with van der Waals surface area (Å²) in [5.41, 5.74) is 0.330. The number of pyridine rings is 1. The second kappa shape index (κ2) is 4.08. The molecule has 5 nitrogen and oxygen atoms in total. The maximum Gasteiger partial charge on any atom is 0.311 e. The zero-order valence-electron chi connectivity index (χ0n) is 9.27. The Morgan fingerprint density at radius 1 is 1.62 bits per heavy atom. The number of hydrogen-bond acceptors (Lipinski definition) is 4. The minimum Gasteiger partial charge on any atom is -0.364 e. The molecule has 1 aliphatic carbocycles. The van der Waals surface area contributed by atoms with Crippen molar-refractivity contribution in [2.45, 2.75) is 26.2 Å². The zero-order chi connectivity index (χ0) is 11.6. The molecular formula is C11H15N3O2. The lowest BCUT2D eigenvalue weighted by Crippen LogP contribution is -2.33. The summed E-state index contributed by atoms with van der Waals surface area (Å²) in [5, 5.41) is 13.8. The maximum absolute atomic E-state index is 10.8. The van der Waals surface area contributed by atoms with Crippen LogP contribution < -0.4 is 5.32 Å². The summed E-state index contributed by atoms with van der Waals surface area (Å²) in [6, 6.07) is 3.05. The fourth-order valence-electron chi connectivity index (χ4n) is 1.93. The van der Waals surface area contributed by atoms with Crippen LogP contribution in [0, 0.1) is 15.5 Å². The van der Waals surface area contributed by atoms with E-state index in [0.717, 1.165) is 6.54 Å². The molecule has 2 rings (SSSR count). The zero-order valence-corrected chi connectivity index (χ0v) is 9.27. The van der Waals surface area contributed by atoms with Crippen molar-refractivity contribution in [1.82, 2.24) is 4.98 Å². The molecule has 1 aromatic rings. The molecule has 16 heavy (non-hydrogen) atoms. The van der Waals surface area contributed by atoms with Crippen molar-refractivity contribution >= 4 is 11.5 Å². The highest BCUT2D eigenvalue weighted by Gasteiger charge is 2.32. The second-order valence-electron chi connectivity index (χ2n) is 4.65. The SMILES string of the molecule is CC1(CNc2ncccc2[N+](=O)[O-])CCC1. The number of aromatic nitrogens is 1. The Bertz CT molecular complexity index is 402. The summed E-state index contributed by atoms with van der Waals surface area (Å²) in [5.74, 6) is 0.376. The molecule has 1 saturated carbocycles.